The number of nitrogens with zero attached hydrogens (tertiary/aromatic N) is 3. The molecule has 1 N–H and O–H groups in total. The first kappa shape index (κ1) is 17.8. The summed E-state index contributed by atoms with van der Waals surface area (Å²) >= 11 is 0. The Bertz CT molecular complexity index is 497. The molecule has 0 heterocycles. The molecule has 0 aliphatic rings. The van der Waals surface area contributed by atoms with Crippen molar-refractivity contribution >= 4 is 11.9 Å². The molecule has 0 fully saturated rings. The van der Waals surface area contributed by atoms with Gasteiger partial charge in [-0.05, 0) is 17.7 Å². The molecule has 0 bridgehead atoms. The number of ether oxygens (including phenoxy) is 1. The third-order valence-electron chi connectivity index (χ3n) is 3.27. The fourth-order valence-electron chi connectivity index (χ4n) is 1.97. The van der Waals surface area contributed by atoms with E-state index in [-0.39, 0.29) is 5.91 Å². The van der Waals surface area contributed by atoms with E-state index in [0.29, 0.717) is 13.0 Å². The molecule has 0 atom stereocenters. The number of rotatable bonds is 6. The second-order valence-electron chi connectivity index (χ2n) is 5.22. The van der Waals surface area contributed by atoms with Crippen molar-refractivity contribution in [2.24, 2.45) is 4.99 Å². The van der Waals surface area contributed by atoms with Crippen molar-refractivity contribution in [3.05, 3.63) is 29.8 Å². The standard InChI is InChI=1S/C16H26N4O2/c1-17-16(18-11-10-15(21)19(2)3)20(4)12-13-6-8-14(22-5)9-7-13/h6-9H,10-12H2,1-5H3,(H,17,18). The van der Waals surface area contributed by atoms with Gasteiger partial charge in [-0.3, -0.25) is 9.79 Å². The quantitative estimate of drug-likeness (QED) is 0.633. The molecule has 0 unspecified atom stereocenters. The van der Waals surface area contributed by atoms with Crippen molar-refractivity contribution in [2.75, 3.05) is 41.8 Å². The second kappa shape index (κ2) is 8.92. The highest BCUT2D eigenvalue weighted by Crippen LogP contribution is 2.12. The first-order valence-corrected chi connectivity index (χ1v) is 7.22. The Morgan fingerprint density at radius 2 is 1.86 bits per heavy atom. The second-order valence-corrected chi connectivity index (χ2v) is 5.22. The van der Waals surface area contributed by atoms with E-state index in [0.717, 1.165) is 23.8 Å². The molecule has 1 rings (SSSR count). The number of carbonyl (C=O) groups is 1. The van der Waals surface area contributed by atoms with Crippen LogP contribution < -0.4 is 10.1 Å². The van der Waals surface area contributed by atoms with E-state index in [2.05, 4.69) is 10.3 Å². The number of aliphatic imine (C=N–C) groups is 1. The Hall–Kier alpha value is -2.24. The summed E-state index contributed by atoms with van der Waals surface area (Å²) in [4.78, 5) is 19.4. The lowest BCUT2D eigenvalue weighted by molar-refractivity contribution is -0.128. The highest BCUT2D eigenvalue weighted by atomic mass is 16.5. The zero-order valence-corrected chi connectivity index (χ0v) is 14.1. The van der Waals surface area contributed by atoms with Crippen LogP contribution in [0.3, 0.4) is 0 Å². The van der Waals surface area contributed by atoms with Gasteiger partial charge in [0.05, 0.1) is 7.11 Å². The summed E-state index contributed by atoms with van der Waals surface area (Å²) in [6.07, 6.45) is 0.447. The zero-order valence-electron chi connectivity index (χ0n) is 14.1. The molecule has 0 aromatic heterocycles. The Labute approximate surface area is 132 Å². The fraction of sp³-hybridized carbons (Fsp3) is 0.500. The summed E-state index contributed by atoms with van der Waals surface area (Å²) in [5.41, 5.74) is 1.16. The maximum absolute atomic E-state index is 11.6. The van der Waals surface area contributed by atoms with Crippen LogP contribution in [0.25, 0.3) is 0 Å². The number of carbonyl (C=O) groups excluding carboxylic acids is 1. The van der Waals surface area contributed by atoms with E-state index in [9.17, 15) is 4.79 Å². The lowest BCUT2D eigenvalue weighted by atomic mass is 10.2. The van der Waals surface area contributed by atoms with E-state index < -0.39 is 0 Å². The average Bonchev–Trinajstić information content (AvgIpc) is 2.51. The Kier molecular flexibility index (Phi) is 7.22. The van der Waals surface area contributed by atoms with Crippen LogP contribution in [0.4, 0.5) is 0 Å². The van der Waals surface area contributed by atoms with Gasteiger partial charge in [0, 0.05) is 47.7 Å². The Morgan fingerprint density at radius 3 is 2.36 bits per heavy atom. The third kappa shape index (κ3) is 5.63. The number of methoxy groups -OCH3 is 1. The molecule has 0 aliphatic carbocycles. The van der Waals surface area contributed by atoms with E-state index in [1.165, 1.54) is 0 Å². The minimum Gasteiger partial charge on any atom is -0.497 e. The topological polar surface area (TPSA) is 57.2 Å². The summed E-state index contributed by atoms with van der Waals surface area (Å²) in [6, 6.07) is 7.93. The van der Waals surface area contributed by atoms with Gasteiger partial charge >= 0.3 is 0 Å². The van der Waals surface area contributed by atoms with Crippen LogP contribution in [0.5, 0.6) is 5.75 Å². The van der Waals surface area contributed by atoms with E-state index >= 15 is 0 Å². The summed E-state index contributed by atoms with van der Waals surface area (Å²) in [5, 5.41) is 3.20. The highest BCUT2D eigenvalue weighted by Gasteiger charge is 2.08. The molecule has 0 radical (unpaired) electrons. The normalized spacial score (nSPS) is 11.0. The van der Waals surface area contributed by atoms with Gasteiger partial charge in [-0.15, -0.1) is 0 Å². The maximum Gasteiger partial charge on any atom is 0.223 e. The molecule has 0 spiro atoms. The van der Waals surface area contributed by atoms with Crippen molar-refractivity contribution in [3.8, 4) is 5.75 Å². The molecular weight excluding hydrogens is 280 g/mol. The molecule has 122 valence electrons. The summed E-state index contributed by atoms with van der Waals surface area (Å²) in [5.74, 6) is 1.71. The molecule has 22 heavy (non-hydrogen) atoms. The Morgan fingerprint density at radius 1 is 1.23 bits per heavy atom. The number of hydrogen-bond acceptors (Lipinski definition) is 3. The van der Waals surface area contributed by atoms with Crippen molar-refractivity contribution in [1.29, 1.82) is 0 Å². The average molecular weight is 306 g/mol. The van der Waals surface area contributed by atoms with Gasteiger partial charge in [0.25, 0.3) is 0 Å². The van der Waals surface area contributed by atoms with Gasteiger partial charge in [0.1, 0.15) is 5.75 Å². The highest BCUT2D eigenvalue weighted by molar-refractivity contribution is 5.81. The third-order valence-corrected chi connectivity index (χ3v) is 3.27. The van der Waals surface area contributed by atoms with Crippen LogP contribution in [0.2, 0.25) is 0 Å². The predicted octanol–water partition coefficient (Wildman–Crippen LogP) is 1.18. The molecule has 1 aromatic carbocycles. The van der Waals surface area contributed by atoms with Gasteiger partial charge in [0.2, 0.25) is 5.91 Å². The van der Waals surface area contributed by atoms with Gasteiger partial charge < -0.3 is 19.9 Å². The van der Waals surface area contributed by atoms with Crippen LogP contribution in [0, 0.1) is 0 Å². The van der Waals surface area contributed by atoms with Crippen LogP contribution in [0.15, 0.2) is 29.3 Å². The Balaban J connectivity index is 2.50. The zero-order chi connectivity index (χ0) is 16.5. The molecule has 6 nitrogen and oxygen atoms in total. The lowest BCUT2D eigenvalue weighted by Crippen LogP contribution is -2.40. The van der Waals surface area contributed by atoms with Crippen LogP contribution in [-0.4, -0.2) is 63.5 Å². The van der Waals surface area contributed by atoms with Crippen LogP contribution >= 0.6 is 0 Å². The van der Waals surface area contributed by atoms with Crippen molar-refractivity contribution in [2.45, 2.75) is 13.0 Å². The molecule has 1 amide bonds. The largest absolute Gasteiger partial charge is 0.497 e. The van der Waals surface area contributed by atoms with E-state index in [1.54, 1.807) is 33.2 Å². The lowest BCUT2D eigenvalue weighted by Gasteiger charge is -2.22. The molecule has 0 saturated heterocycles. The van der Waals surface area contributed by atoms with Crippen molar-refractivity contribution in [3.63, 3.8) is 0 Å². The van der Waals surface area contributed by atoms with E-state index in [4.69, 9.17) is 4.74 Å². The monoisotopic (exact) mass is 306 g/mol. The minimum absolute atomic E-state index is 0.0979. The number of amides is 1. The van der Waals surface area contributed by atoms with Gasteiger partial charge in [-0.1, -0.05) is 12.1 Å². The van der Waals surface area contributed by atoms with Crippen LogP contribution in [0.1, 0.15) is 12.0 Å². The molecular formula is C16H26N4O2. The number of nitrogens with one attached hydrogen (secondary N) is 1. The van der Waals surface area contributed by atoms with Crippen LogP contribution in [-0.2, 0) is 11.3 Å². The smallest absolute Gasteiger partial charge is 0.223 e. The van der Waals surface area contributed by atoms with Gasteiger partial charge in [0.15, 0.2) is 5.96 Å². The number of guanidine groups is 1. The first-order chi connectivity index (χ1) is 10.5. The summed E-state index contributed by atoms with van der Waals surface area (Å²) in [6.45, 7) is 1.29. The van der Waals surface area contributed by atoms with Gasteiger partial charge in [-0.2, -0.15) is 0 Å². The molecule has 1 aromatic rings. The molecule has 0 aliphatic heterocycles. The van der Waals surface area contributed by atoms with Gasteiger partial charge in [-0.25, -0.2) is 0 Å². The molecule has 0 saturated carbocycles. The predicted molar refractivity (Wildman–Crippen MR) is 89.1 cm³/mol. The first-order valence-electron chi connectivity index (χ1n) is 7.22. The number of hydrogen-bond donors (Lipinski definition) is 1. The van der Waals surface area contributed by atoms with E-state index in [1.807, 2.05) is 36.2 Å². The minimum atomic E-state index is 0.0979. The molecule has 6 heteroatoms. The fourth-order valence-corrected chi connectivity index (χ4v) is 1.97. The van der Waals surface area contributed by atoms with Crippen molar-refractivity contribution in [1.82, 2.24) is 15.1 Å². The van der Waals surface area contributed by atoms with Crippen molar-refractivity contribution < 1.29 is 9.53 Å². The summed E-state index contributed by atoms with van der Waals surface area (Å²) in [7, 11) is 8.87. The summed E-state index contributed by atoms with van der Waals surface area (Å²) < 4.78 is 5.15. The SMILES string of the molecule is CN=C(NCCC(=O)N(C)C)N(C)Cc1ccc(OC)cc1. The maximum atomic E-state index is 11.6. The number of benzene rings is 1.